The normalized spacial score (nSPS) is 14.0. The lowest BCUT2D eigenvalue weighted by atomic mass is 10.2. The Bertz CT molecular complexity index is 796. The molecule has 1 aliphatic heterocycles. The van der Waals surface area contributed by atoms with Crippen LogP contribution in [0.4, 0.5) is 11.5 Å². The Kier molecular flexibility index (Phi) is 5.75. The van der Waals surface area contributed by atoms with Gasteiger partial charge < -0.3 is 24.4 Å². The number of nitrogens with zero attached hydrogens (tertiary/aromatic N) is 3. The second-order valence-electron chi connectivity index (χ2n) is 5.50. The molecule has 0 radical (unpaired) electrons. The van der Waals surface area contributed by atoms with Gasteiger partial charge in [0.15, 0.2) is 0 Å². The van der Waals surface area contributed by atoms with Crippen molar-refractivity contribution in [1.29, 1.82) is 0 Å². The molecule has 1 aromatic carbocycles. The summed E-state index contributed by atoms with van der Waals surface area (Å²) in [5.74, 6) is 1.16. The van der Waals surface area contributed by atoms with Gasteiger partial charge in [-0.1, -0.05) is 11.6 Å². The highest BCUT2D eigenvalue weighted by Gasteiger charge is 2.18. The van der Waals surface area contributed by atoms with E-state index in [0.29, 0.717) is 41.2 Å². The third kappa shape index (κ3) is 3.97. The van der Waals surface area contributed by atoms with Crippen LogP contribution in [0.1, 0.15) is 10.5 Å². The van der Waals surface area contributed by atoms with Crippen LogP contribution in [0.2, 0.25) is 5.02 Å². The Hall–Kier alpha value is -2.58. The highest BCUT2D eigenvalue weighted by atomic mass is 35.5. The van der Waals surface area contributed by atoms with E-state index in [-0.39, 0.29) is 11.6 Å². The number of carbonyl (C=O) groups excluding carboxylic acids is 1. The van der Waals surface area contributed by atoms with Gasteiger partial charge in [-0.3, -0.25) is 4.79 Å². The molecule has 0 saturated carbocycles. The van der Waals surface area contributed by atoms with E-state index in [1.807, 2.05) is 4.90 Å². The van der Waals surface area contributed by atoms with Gasteiger partial charge in [0.1, 0.15) is 29.3 Å². The van der Waals surface area contributed by atoms with Gasteiger partial charge >= 0.3 is 0 Å². The average molecular weight is 379 g/mol. The molecular weight excluding hydrogens is 360 g/mol. The SMILES string of the molecule is COc1cc(NC(=O)c2cc(N3CCOCC3)ncn2)c(OC)cc1Cl. The van der Waals surface area contributed by atoms with Crippen molar-refractivity contribution in [3.63, 3.8) is 0 Å². The minimum Gasteiger partial charge on any atom is -0.495 e. The van der Waals surface area contributed by atoms with E-state index in [9.17, 15) is 4.79 Å². The van der Waals surface area contributed by atoms with Gasteiger partial charge in [0.2, 0.25) is 0 Å². The number of anilines is 2. The van der Waals surface area contributed by atoms with E-state index in [1.54, 1.807) is 18.2 Å². The molecule has 138 valence electrons. The standard InChI is InChI=1S/C17H19ClN4O4/c1-24-14-8-12(15(25-2)7-11(14)18)21-17(23)13-9-16(20-10-19-13)22-3-5-26-6-4-22/h7-10H,3-6H2,1-2H3,(H,21,23). The molecule has 0 spiro atoms. The number of morpholine rings is 1. The first-order valence-corrected chi connectivity index (χ1v) is 8.37. The number of hydrogen-bond donors (Lipinski definition) is 1. The Morgan fingerprint density at radius 2 is 1.88 bits per heavy atom. The topological polar surface area (TPSA) is 85.8 Å². The fourth-order valence-corrected chi connectivity index (χ4v) is 2.81. The summed E-state index contributed by atoms with van der Waals surface area (Å²) in [4.78, 5) is 23.0. The molecule has 1 aliphatic rings. The fraction of sp³-hybridized carbons (Fsp3) is 0.353. The highest BCUT2D eigenvalue weighted by Crippen LogP contribution is 2.36. The largest absolute Gasteiger partial charge is 0.495 e. The molecule has 0 unspecified atom stereocenters. The van der Waals surface area contributed by atoms with Gasteiger partial charge in [-0.25, -0.2) is 9.97 Å². The number of hydrogen-bond acceptors (Lipinski definition) is 7. The van der Waals surface area contributed by atoms with Crippen LogP contribution in [-0.2, 0) is 4.74 Å². The molecule has 0 atom stereocenters. The van der Waals surface area contributed by atoms with Gasteiger partial charge in [0.25, 0.3) is 5.91 Å². The zero-order valence-electron chi connectivity index (χ0n) is 14.5. The number of rotatable bonds is 5. The van der Waals surface area contributed by atoms with E-state index < -0.39 is 0 Å². The first kappa shape index (κ1) is 18.2. The molecule has 2 heterocycles. The predicted molar refractivity (Wildman–Crippen MR) is 97.6 cm³/mol. The number of halogens is 1. The summed E-state index contributed by atoms with van der Waals surface area (Å²) in [5.41, 5.74) is 0.683. The first-order valence-electron chi connectivity index (χ1n) is 8.00. The summed E-state index contributed by atoms with van der Waals surface area (Å²) in [7, 11) is 2.99. The third-order valence-electron chi connectivity index (χ3n) is 3.94. The monoisotopic (exact) mass is 378 g/mol. The highest BCUT2D eigenvalue weighted by molar-refractivity contribution is 6.32. The molecule has 3 rings (SSSR count). The number of ether oxygens (including phenoxy) is 3. The molecule has 1 fully saturated rings. The van der Waals surface area contributed by atoms with Crippen LogP contribution < -0.4 is 19.7 Å². The molecule has 1 saturated heterocycles. The van der Waals surface area contributed by atoms with E-state index in [4.69, 9.17) is 25.8 Å². The van der Waals surface area contributed by atoms with Crippen LogP contribution in [0, 0.1) is 0 Å². The van der Waals surface area contributed by atoms with Crippen molar-refractivity contribution in [1.82, 2.24) is 9.97 Å². The van der Waals surface area contributed by atoms with E-state index in [0.717, 1.165) is 13.1 Å². The lowest BCUT2D eigenvalue weighted by molar-refractivity contribution is 0.102. The van der Waals surface area contributed by atoms with Gasteiger partial charge in [-0.15, -0.1) is 0 Å². The summed E-state index contributed by atoms with van der Waals surface area (Å²) < 4.78 is 15.8. The average Bonchev–Trinajstić information content (AvgIpc) is 2.69. The Labute approximate surface area is 156 Å². The number of nitrogens with one attached hydrogen (secondary N) is 1. The lowest BCUT2D eigenvalue weighted by Gasteiger charge is -2.27. The number of methoxy groups -OCH3 is 2. The predicted octanol–water partition coefficient (Wildman–Crippen LogP) is 2.24. The van der Waals surface area contributed by atoms with Crippen molar-refractivity contribution < 1.29 is 19.0 Å². The van der Waals surface area contributed by atoms with Gasteiger partial charge in [-0.05, 0) is 0 Å². The quantitative estimate of drug-likeness (QED) is 0.853. The maximum atomic E-state index is 12.6. The first-order chi connectivity index (χ1) is 12.6. The van der Waals surface area contributed by atoms with Crippen molar-refractivity contribution in [2.75, 3.05) is 50.7 Å². The molecule has 1 amide bonds. The second-order valence-corrected chi connectivity index (χ2v) is 5.91. The Morgan fingerprint density at radius 3 is 2.58 bits per heavy atom. The zero-order chi connectivity index (χ0) is 18.5. The number of aromatic nitrogens is 2. The minimum absolute atomic E-state index is 0.248. The molecule has 2 aromatic rings. The Morgan fingerprint density at radius 1 is 1.15 bits per heavy atom. The third-order valence-corrected chi connectivity index (χ3v) is 4.24. The lowest BCUT2D eigenvalue weighted by Crippen LogP contribution is -2.37. The smallest absolute Gasteiger partial charge is 0.274 e. The van der Waals surface area contributed by atoms with Crippen LogP contribution in [0.15, 0.2) is 24.5 Å². The molecule has 8 nitrogen and oxygen atoms in total. The molecule has 0 bridgehead atoms. The van der Waals surface area contributed by atoms with Gasteiger partial charge in [0.05, 0.1) is 38.1 Å². The van der Waals surface area contributed by atoms with Crippen LogP contribution in [0.25, 0.3) is 0 Å². The Balaban J connectivity index is 1.82. The van der Waals surface area contributed by atoms with E-state index in [2.05, 4.69) is 15.3 Å². The fourth-order valence-electron chi connectivity index (χ4n) is 2.58. The van der Waals surface area contributed by atoms with Crippen molar-refractivity contribution in [3.05, 3.63) is 35.2 Å². The summed E-state index contributed by atoms with van der Waals surface area (Å²) in [6.45, 7) is 2.71. The van der Waals surface area contributed by atoms with Crippen molar-refractivity contribution in [3.8, 4) is 11.5 Å². The van der Waals surface area contributed by atoms with Crippen molar-refractivity contribution >= 4 is 29.0 Å². The van der Waals surface area contributed by atoms with Crippen molar-refractivity contribution in [2.45, 2.75) is 0 Å². The molecule has 26 heavy (non-hydrogen) atoms. The molecular formula is C17H19ClN4O4. The summed E-state index contributed by atoms with van der Waals surface area (Å²) in [5, 5.41) is 3.16. The molecule has 1 aromatic heterocycles. The van der Waals surface area contributed by atoms with Crippen molar-refractivity contribution in [2.24, 2.45) is 0 Å². The number of benzene rings is 1. The molecule has 1 N–H and O–H groups in total. The summed E-state index contributed by atoms with van der Waals surface area (Å²) in [6.07, 6.45) is 1.37. The maximum Gasteiger partial charge on any atom is 0.274 e. The van der Waals surface area contributed by atoms with E-state index >= 15 is 0 Å². The van der Waals surface area contributed by atoms with Gasteiger partial charge in [-0.2, -0.15) is 0 Å². The number of carbonyl (C=O) groups is 1. The summed E-state index contributed by atoms with van der Waals surface area (Å²) in [6, 6.07) is 4.83. The van der Waals surface area contributed by atoms with Crippen LogP contribution in [0.5, 0.6) is 11.5 Å². The zero-order valence-corrected chi connectivity index (χ0v) is 15.2. The summed E-state index contributed by atoms with van der Waals surface area (Å²) >= 11 is 6.09. The second kappa shape index (κ2) is 8.20. The van der Waals surface area contributed by atoms with E-state index in [1.165, 1.54) is 20.5 Å². The maximum absolute atomic E-state index is 12.6. The molecule has 0 aliphatic carbocycles. The number of amides is 1. The van der Waals surface area contributed by atoms with Crippen LogP contribution in [-0.4, -0.2) is 56.4 Å². The van der Waals surface area contributed by atoms with Crippen LogP contribution >= 0.6 is 11.6 Å². The van der Waals surface area contributed by atoms with Gasteiger partial charge in [0, 0.05) is 31.3 Å². The molecule has 9 heteroatoms. The van der Waals surface area contributed by atoms with Crippen LogP contribution in [0.3, 0.4) is 0 Å². The minimum atomic E-state index is -0.385.